The number of hydrogen-bond acceptors (Lipinski definition) is 2. The van der Waals surface area contributed by atoms with E-state index in [1.807, 2.05) is 7.05 Å². The first-order valence-electron chi connectivity index (χ1n) is 5.48. The van der Waals surface area contributed by atoms with Gasteiger partial charge in [-0.2, -0.15) is 5.10 Å². The van der Waals surface area contributed by atoms with Gasteiger partial charge >= 0.3 is 0 Å². The molecule has 0 atom stereocenters. The molecule has 0 radical (unpaired) electrons. The maximum absolute atomic E-state index is 6.10. The van der Waals surface area contributed by atoms with Gasteiger partial charge < -0.3 is 0 Å². The Morgan fingerprint density at radius 3 is 2.38 bits per heavy atom. The van der Waals surface area contributed by atoms with Gasteiger partial charge in [0.2, 0.25) is 0 Å². The van der Waals surface area contributed by atoms with Gasteiger partial charge in [0.15, 0.2) is 0 Å². The number of aromatic nitrogens is 3. The van der Waals surface area contributed by atoms with E-state index in [9.17, 15) is 0 Å². The van der Waals surface area contributed by atoms with Crippen LogP contribution in [0, 0.1) is 11.3 Å². The zero-order valence-corrected chi connectivity index (χ0v) is 11.6. The quantitative estimate of drug-likeness (QED) is 0.740. The lowest BCUT2D eigenvalue weighted by Crippen LogP contribution is -2.31. The summed E-state index contributed by atoms with van der Waals surface area (Å²) in [5.41, 5.74) is -0.0714. The number of halogens is 2. The lowest BCUT2D eigenvalue weighted by Gasteiger charge is -2.30. The molecule has 0 amide bonds. The Morgan fingerprint density at radius 2 is 2.00 bits per heavy atom. The van der Waals surface area contributed by atoms with Crippen LogP contribution in [0.5, 0.6) is 0 Å². The number of hydrogen-bond donors (Lipinski definition) is 0. The van der Waals surface area contributed by atoms with E-state index in [0.29, 0.717) is 17.7 Å². The normalized spacial score (nSPS) is 12.4. The van der Waals surface area contributed by atoms with Crippen molar-refractivity contribution >= 4 is 23.2 Å². The van der Waals surface area contributed by atoms with Crippen LogP contribution in [0.25, 0.3) is 0 Å². The Kier molecular flexibility index (Phi) is 5.06. The van der Waals surface area contributed by atoms with E-state index in [-0.39, 0.29) is 5.41 Å². The Hall–Kier alpha value is -0.280. The van der Waals surface area contributed by atoms with Crippen LogP contribution in [-0.4, -0.2) is 26.5 Å². The standard InChI is InChI=1S/C11H19Cl2N3/c1-9(2)4-11(6-12,7-13)5-10-14-8-15-16(10)3/h8-9H,4-7H2,1-3H3. The molecule has 0 aliphatic rings. The molecule has 0 bridgehead atoms. The summed E-state index contributed by atoms with van der Waals surface area (Å²) in [4.78, 5) is 4.24. The van der Waals surface area contributed by atoms with Crippen LogP contribution in [0.15, 0.2) is 6.33 Å². The number of rotatable bonds is 6. The summed E-state index contributed by atoms with van der Waals surface area (Å²) >= 11 is 12.2. The van der Waals surface area contributed by atoms with Crippen LogP contribution in [0.4, 0.5) is 0 Å². The van der Waals surface area contributed by atoms with E-state index in [2.05, 4.69) is 23.9 Å². The number of aryl methyl sites for hydroxylation is 1. The van der Waals surface area contributed by atoms with E-state index in [4.69, 9.17) is 23.2 Å². The van der Waals surface area contributed by atoms with Gasteiger partial charge in [-0.05, 0) is 12.3 Å². The molecule has 0 aliphatic heterocycles. The van der Waals surface area contributed by atoms with Crippen LogP contribution < -0.4 is 0 Å². The molecule has 0 saturated heterocycles. The zero-order chi connectivity index (χ0) is 12.2. The molecule has 1 aromatic rings. The molecule has 1 heterocycles. The second-order valence-electron chi connectivity index (χ2n) is 4.84. The number of nitrogens with zero attached hydrogens (tertiary/aromatic N) is 3. The van der Waals surface area contributed by atoms with Gasteiger partial charge in [0.1, 0.15) is 12.2 Å². The van der Waals surface area contributed by atoms with E-state index in [1.54, 1.807) is 11.0 Å². The minimum atomic E-state index is -0.0714. The third-order valence-corrected chi connectivity index (χ3v) is 3.88. The second kappa shape index (κ2) is 5.87. The average molecular weight is 264 g/mol. The fraction of sp³-hybridized carbons (Fsp3) is 0.818. The summed E-state index contributed by atoms with van der Waals surface area (Å²) in [5.74, 6) is 2.64. The lowest BCUT2D eigenvalue weighted by molar-refractivity contribution is 0.286. The summed E-state index contributed by atoms with van der Waals surface area (Å²) in [6.45, 7) is 4.37. The van der Waals surface area contributed by atoms with Crippen LogP contribution in [0.2, 0.25) is 0 Å². The predicted octanol–water partition coefficient (Wildman–Crippen LogP) is 2.87. The van der Waals surface area contributed by atoms with Crippen molar-refractivity contribution in [2.75, 3.05) is 11.8 Å². The fourth-order valence-corrected chi connectivity index (χ4v) is 2.69. The predicted molar refractivity (Wildman–Crippen MR) is 68.0 cm³/mol. The molecule has 0 saturated carbocycles. The van der Waals surface area contributed by atoms with Crippen LogP contribution in [0.3, 0.4) is 0 Å². The first-order chi connectivity index (χ1) is 7.53. The zero-order valence-electron chi connectivity index (χ0n) is 10.1. The second-order valence-corrected chi connectivity index (χ2v) is 5.38. The average Bonchev–Trinajstić information content (AvgIpc) is 2.62. The van der Waals surface area contributed by atoms with Gasteiger partial charge in [-0.3, -0.25) is 4.68 Å². The molecular formula is C11H19Cl2N3. The highest BCUT2D eigenvalue weighted by Crippen LogP contribution is 2.33. The highest BCUT2D eigenvalue weighted by Gasteiger charge is 2.31. The SMILES string of the molecule is CC(C)CC(CCl)(CCl)Cc1ncnn1C. The van der Waals surface area contributed by atoms with Gasteiger partial charge in [0, 0.05) is 30.6 Å². The monoisotopic (exact) mass is 263 g/mol. The van der Waals surface area contributed by atoms with Gasteiger partial charge in [-0.25, -0.2) is 4.98 Å². The molecular weight excluding hydrogens is 245 g/mol. The van der Waals surface area contributed by atoms with Gasteiger partial charge in [-0.15, -0.1) is 23.2 Å². The van der Waals surface area contributed by atoms with Crippen LogP contribution in [0.1, 0.15) is 26.1 Å². The third kappa shape index (κ3) is 3.36. The fourth-order valence-electron chi connectivity index (χ4n) is 1.99. The molecule has 0 N–H and O–H groups in total. The number of alkyl halides is 2. The first kappa shape index (κ1) is 13.8. The first-order valence-corrected chi connectivity index (χ1v) is 6.55. The van der Waals surface area contributed by atoms with Crippen molar-refractivity contribution < 1.29 is 0 Å². The maximum Gasteiger partial charge on any atom is 0.138 e. The van der Waals surface area contributed by atoms with Crippen molar-refractivity contribution in [2.45, 2.75) is 26.7 Å². The summed E-state index contributed by atoms with van der Waals surface area (Å²) in [6, 6.07) is 0. The molecule has 92 valence electrons. The molecule has 0 fully saturated rings. The van der Waals surface area contributed by atoms with Gasteiger partial charge in [0.25, 0.3) is 0 Å². The van der Waals surface area contributed by atoms with Gasteiger partial charge in [-0.1, -0.05) is 13.8 Å². The maximum atomic E-state index is 6.10. The smallest absolute Gasteiger partial charge is 0.138 e. The lowest BCUT2D eigenvalue weighted by atomic mass is 9.80. The minimum Gasteiger partial charge on any atom is -0.253 e. The van der Waals surface area contributed by atoms with E-state index < -0.39 is 0 Å². The molecule has 0 aromatic carbocycles. The van der Waals surface area contributed by atoms with E-state index >= 15 is 0 Å². The third-order valence-electron chi connectivity index (χ3n) is 2.75. The van der Waals surface area contributed by atoms with Crippen molar-refractivity contribution in [3.63, 3.8) is 0 Å². The van der Waals surface area contributed by atoms with E-state index in [1.165, 1.54) is 0 Å². The molecule has 16 heavy (non-hydrogen) atoms. The molecule has 5 heteroatoms. The van der Waals surface area contributed by atoms with Gasteiger partial charge in [0.05, 0.1) is 0 Å². The van der Waals surface area contributed by atoms with Crippen molar-refractivity contribution in [3.05, 3.63) is 12.2 Å². The molecule has 3 nitrogen and oxygen atoms in total. The summed E-state index contributed by atoms with van der Waals surface area (Å²) in [6.07, 6.45) is 3.36. The topological polar surface area (TPSA) is 30.7 Å². The van der Waals surface area contributed by atoms with Crippen LogP contribution >= 0.6 is 23.2 Å². The Balaban J connectivity index is 2.82. The Morgan fingerprint density at radius 1 is 1.38 bits per heavy atom. The van der Waals surface area contributed by atoms with Crippen LogP contribution in [-0.2, 0) is 13.5 Å². The molecule has 1 rings (SSSR count). The Labute approximate surface area is 107 Å². The van der Waals surface area contributed by atoms with Crippen molar-refractivity contribution in [3.8, 4) is 0 Å². The highest BCUT2D eigenvalue weighted by atomic mass is 35.5. The van der Waals surface area contributed by atoms with E-state index in [0.717, 1.165) is 18.7 Å². The molecule has 0 aliphatic carbocycles. The van der Waals surface area contributed by atoms with Crippen molar-refractivity contribution in [2.24, 2.45) is 18.4 Å². The molecule has 0 unspecified atom stereocenters. The minimum absolute atomic E-state index is 0.0714. The summed E-state index contributed by atoms with van der Waals surface area (Å²) < 4.78 is 1.79. The molecule has 0 spiro atoms. The van der Waals surface area contributed by atoms with Crippen molar-refractivity contribution in [1.29, 1.82) is 0 Å². The summed E-state index contributed by atoms with van der Waals surface area (Å²) in [5, 5.41) is 4.07. The summed E-state index contributed by atoms with van der Waals surface area (Å²) in [7, 11) is 1.89. The largest absolute Gasteiger partial charge is 0.253 e. The van der Waals surface area contributed by atoms with Crippen molar-refractivity contribution in [1.82, 2.24) is 14.8 Å². The Bertz CT molecular complexity index is 319. The molecule has 1 aromatic heterocycles. The highest BCUT2D eigenvalue weighted by molar-refractivity contribution is 6.21.